The number of fused-ring (bicyclic) bond motifs is 3. The number of amides is 1. The average Bonchev–Trinajstić information content (AvgIpc) is 3.07. The molecule has 2 aromatic carbocycles. The second-order valence-electron chi connectivity index (χ2n) is 10.6. The maximum atomic E-state index is 15.8. The summed E-state index contributed by atoms with van der Waals surface area (Å²) in [5, 5.41) is 1.94. The number of pyridine rings is 1. The Morgan fingerprint density at radius 2 is 1.90 bits per heavy atom. The number of hydrogen-bond donors (Lipinski definition) is 0. The van der Waals surface area contributed by atoms with Crippen LogP contribution >= 0.6 is 11.8 Å². The van der Waals surface area contributed by atoms with Crippen LogP contribution in [0.4, 0.5) is 9.18 Å². The van der Waals surface area contributed by atoms with Crippen LogP contribution in [0.5, 0.6) is 5.75 Å². The first-order valence-electron chi connectivity index (χ1n) is 13.1. The Morgan fingerprint density at radius 3 is 2.65 bits per heavy atom. The molecule has 9 nitrogen and oxygen atoms in total. The zero-order valence-electron chi connectivity index (χ0n) is 21.7. The zero-order chi connectivity index (χ0) is 27.6. The van der Waals surface area contributed by atoms with Crippen molar-refractivity contribution in [1.82, 2.24) is 9.58 Å². The number of methoxy groups -OCH3 is 1. The number of aromatic nitrogens is 1. The highest BCUT2D eigenvalue weighted by Gasteiger charge is 2.63. The molecule has 3 aromatic rings. The standard InChI is InChI=1S/C29H26FN3O6S/c1-37-28(36)39-16-38-26-21(34)9-10-32-25(26)27(35)31(29-11-17(12-29)13-29)15-33(32)24-19-6-2-3-8-22(19)40-14-18-5-4-7-20(30)23(18)24/h2-10,17,24H,11-16H2,1H3/t17?,24-,29?/m1/s1. The third-order valence-electron chi connectivity index (χ3n) is 8.48. The molecular formula is C29H26FN3O6S. The molecule has 0 radical (unpaired) electrons. The van der Waals surface area contributed by atoms with Crippen molar-refractivity contribution in [2.24, 2.45) is 5.92 Å². The van der Waals surface area contributed by atoms with Crippen LogP contribution in [0.25, 0.3) is 0 Å². The summed E-state index contributed by atoms with van der Waals surface area (Å²) in [5.41, 5.74) is 1.50. The first-order valence-corrected chi connectivity index (χ1v) is 14.1. The zero-order valence-corrected chi connectivity index (χ0v) is 22.5. The molecule has 3 heterocycles. The highest BCUT2D eigenvalue weighted by molar-refractivity contribution is 7.98. The Kier molecular flexibility index (Phi) is 5.81. The van der Waals surface area contributed by atoms with Gasteiger partial charge in [-0.2, -0.15) is 0 Å². The lowest BCUT2D eigenvalue weighted by Crippen LogP contribution is -2.73. The lowest BCUT2D eigenvalue weighted by Gasteiger charge is -2.67. The summed E-state index contributed by atoms with van der Waals surface area (Å²) in [6.45, 7) is -0.406. The summed E-state index contributed by atoms with van der Waals surface area (Å²) in [7, 11) is 1.16. The minimum Gasteiger partial charge on any atom is -0.451 e. The number of carbonyl (C=O) groups excluding carboxylic acids is 2. The van der Waals surface area contributed by atoms with Crippen LogP contribution in [0.15, 0.2) is 64.4 Å². The summed E-state index contributed by atoms with van der Waals surface area (Å²) in [6.07, 6.45) is 3.24. The molecule has 2 aliphatic heterocycles. The molecule has 206 valence electrons. The van der Waals surface area contributed by atoms with Gasteiger partial charge in [0.2, 0.25) is 18.0 Å². The predicted octanol–water partition coefficient (Wildman–Crippen LogP) is 4.41. The van der Waals surface area contributed by atoms with Gasteiger partial charge in [-0.05, 0) is 48.4 Å². The third kappa shape index (κ3) is 3.71. The monoisotopic (exact) mass is 563 g/mol. The van der Waals surface area contributed by atoms with Gasteiger partial charge in [-0.1, -0.05) is 30.3 Å². The summed E-state index contributed by atoms with van der Waals surface area (Å²) in [6, 6.07) is 13.7. The van der Waals surface area contributed by atoms with Crippen LogP contribution in [-0.2, 0) is 15.2 Å². The first-order chi connectivity index (χ1) is 19.4. The van der Waals surface area contributed by atoms with Crippen molar-refractivity contribution in [2.45, 2.75) is 41.5 Å². The maximum absolute atomic E-state index is 15.8. The van der Waals surface area contributed by atoms with Gasteiger partial charge in [-0.15, -0.1) is 11.8 Å². The van der Waals surface area contributed by atoms with E-state index in [2.05, 4.69) is 4.74 Å². The maximum Gasteiger partial charge on any atom is 0.510 e. The predicted molar refractivity (Wildman–Crippen MR) is 143 cm³/mol. The third-order valence-corrected chi connectivity index (χ3v) is 9.62. The van der Waals surface area contributed by atoms with E-state index in [-0.39, 0.29) is 35.4 Å². The van der Waals surface area contributed by atoms with Crippen molar-refractivity contribution >= 4 is 23.8 Å². The van der Waals surface area contributed by atoms with Gasteiger partial charge in [0.25, 0.3) is 5.91 Å². The highest BCUT2D eigenvalue weighted by atomic mass is 32.2. The van der Waals surface area contributed by atoms with E-state index < -0.39 is 24.4 Å². The molecule has 0 unspecified atom stereocenters. The minimum atomic E-state index is -0.979. The number of nitrogens with zero attached hydrogens (tertiary/aromatic N) is 3. The van der Waals surface area contributed by atoms with E-state index in [1.54, 1.807) is 22.5 Å². The van der Waals surface area contributed by atoms with Gasteiger partial charge in [-0.25, -0.2) is 9.18 Å². The van der Waals surface area contributed by atoms with Crippen molar-refractivity contribution in [2.75, 3.05) is 25.6 Å². The topological polar surface area (TPSA) is 90.3 Å². The van der Waals surface area contributed by atoms with Gasteiger partial charge in [0.1, 0.15) is 18.5 Å². The van der Waals surface area contributed by atoms with Crippen molar-refractivity contribution in [3.63, 3.8) is 0 Å². The van der Waals surface area contributed by atoms with E-state index in [0.29, 0.717) is 17.2 Å². The normalized spacial score (nSPS) is 24.0. The molecule has 8 rings (SSSR count). The number of hydrogen-bond acceptors (Lipinski definition) is 8. The molecule has 1 aromatic heterocycles. The van der Waals surface area contributed by atoms with Gasteiger partial charge < -0.3 is 19.1 Å². The van der Waals surface area contributed by atoms with Crippen LogP contribution in [0.1, 0.15) is 52.5 Å². The van der Waals surface area contributed by atoms with Crippen LogP contribution in [-0.4, -0.2) is 47.7 Å². The SMILES string of the molecule is COC(=O)OCOc1c2n(ccc1=O)N([C@@H]1c3ccccc3SCc3cccc(F)c31)CN(C13CC(C1)C3)C2=O. The summed E-state index contributed by atoms with van der Waals surface area (Å²) in [5.74, 6) is 0.282. The molecule has 11 heteroatoms. The number of benzene rings is 2. The van der Waals surface area contributed by atoms with Crippen LogP contribution in [0, 0.1) is 11.7 Å². The summed E-state index contributed by atoms with van der Waals surface area (Å²) < 4.78 is 32.3. The molecule has 2 bridgehead atoms. The van der Waals surface area contributed by atoms with E-state index >= 15 is 4.39 Å². The molecule has 3 fully saturated rings. The number of rotatable bonds is 5. The number of carbonyl (C=O) groups is 2. The Balaban J connectivity index is 1.41. The smallest absolute Gasteiger partial charge is 0.451 e. The average molecular weight is 564 g/mol. The Bertz CT molecular complexity index is 1590. The van der Waals surface area contributed by atoms with E-state index in [4.69, 9.17) is 9.47 Å². The van der Waals surface area contributed by atoms with Crippen LogP contribution < -0.4 is 15.2 Å². The minimum absolute atomic E-state index is 0.0178. The van der Waals surface area contributed by atoms with Crippen LogP contribution in [0.2, 0.25) is 0 Å². The molecule has 3 aliphatic carbocycles. The van der Waals surface area contributed by atoms with Crippen molar-refractivity contribution in [3.8, 4) is 5.75 Å². The molecule has 1 amide bonds. The number of thioether (sulfide) groups is 1. The molecule has 5 aliphatic rings. The second-order valence-corrected chi connectivity index (χ2v) is 11.6. The summed E-state index contributed by atoms with van der Waals surface area (Å²) in [4.78, 5) is 41.5. The van der Waals surface area contributed by atoms with Crippen LogP contribution in [0.3, 0.4) is 0 Å². The second kappa shape index (κ2) is 9.29. The molecule has 0 saturated heterocycles. The number of halogens is 1. The Hall–Kier alpha value is -3.99. The van der Waals surface area contributed by atoms with Gasteiger partial charge in [0, 0.05) is 34.0 Å². The fourth-order valence-corrected chi connectivity index (χ4v) is 7.55. The lowest BCUT2D eigenvalue weighted by molar-refractivity contribution is -0.128. The van der Waals surface area contributed by atoms with Crippen molar-refractivity contribution in [1.29, 1.82) is 0 Å². The molecule has 3 saturated carbocycles. The van der Waals surface area contributed by atoms with Gasteiger partial charge >= 0.3 is 6.16 Å². The highest BCUT2D eigenvalue weighted by Crippen LogP contribution is 2.61. The lowest BCUT2D eigenvalue weighted by atomic mass is 9.49. The Labute approximate surface area is 233 Å². The largest absolute Gasteiger partial charge is 0.510 e. The quantitative estimate of drug-likeness (QED) is 0.333. The van der Waals surface area contributed by atoms with E-state index in [1.807, 2.05) is 40.2 Å². The van der Waals surface area contributed by atoms with E-state index in [1.165, 1.54) is 18.3 Å². The van der Waals surface area contributed by atoms with E-state index in [9.17, 15) is 14.4 Å². The molecular weight excluding hydrogens is 537 g/mol. The van der Waals surface area contributed by atoms with Gasteiger partial charge in [-0.3, -0.25) is 19.3 Å². The first kappa shape index (κ1) is 25.0. The molecule has 0 spiro atoms. The molecule has 0 N–H and O–H groups in total. The van der Waals surface area contributed by atoms with Crippen molar-refractivity contribution < 1.29 is 28.2 Å². The van der Waals surface area contributed by atoms with E-state index in [0.717, 1.165) is 42.4 Å². The fraction of sp³-hybridized carbons (Fsp3) is 0.345. The molecule has 40 heavy (non-hydrogen) atoms. The van der Waals surface area contributed by atoms with Gasteiger partial charge in [0.05, 0.1) is 7.11 Å². The van der Waals surface area contributed by atoms with Gasteiger partial charge in [0.15, 0.2) is 5.69 Å². The Morgan fingerprint density at radius 1 is 1.10 bits per heavy atom. The summed E-state index contributed by atoms with van der Waals surface area (Å²) >= 11 is 1.64. The molecule has 1 atom stereocenters. The number of ether oxygens (including phenoxy) is 3. The van der Waals surface area contributed by atoms with Crippen molar-refractivity contribution in [3.05, 3.63) is 93.2 Å². The fourth-order valence-electron chi connectivity index (χ4n) is 6.47.